The van der Waals surface area contributed by atoms with Crippen LogP contribution in [0.25, 0.3) is 22.6 Å². The molecule has 0 radical (unpaired) electrons. The van der Waals surface area contributed by atoms with Gasteiger partial charge in [0.2, 0.25) is 0 Å². The number of pyridine rings is 1. The average molecular weight is 649 g/mol. The van der Waals surface area contributed by atoms with Gasteiger partial charge in [0, 0.05) is 48.5 Å². The molecule has 0 bridgehead atoms. The second kappa shape index (κ2) is 13.1. The first kappa shape index (κ1) is 30.9. The predicted molar refractivity (Wildman–Crippen MR) is 159 cm³/mol. The van der Waals surface area contributed by atoms with Crippen molar-refractivity contribution in [2.24, 2.45) is 5.92 Å². The van der Waals surface area contributed by atoms with Gasteiger partial charge in [-0.3, -0.25) is 0 Å². The molecule has 12 nitrogen and oxygen atoms in total. The van der Waals surface area contributed by atoms with Crippen LogP contribution in [0.3, 0.4) is 0 Å². The van der Waals surface area contributed by atoms with Crippen molar-refractivity contribution in [1.82, 2.24) is 39.2 Å². The Morgan fingerprint density at radius 3 is 2.49 bits per heavy atom. The maximum atomic E-state index is 13.2. The molecule has 2 fully saturated rings. The SMILES string of the molecule is O=S(=O)(C1CC1)n1cc(-c2nccc(Nc3cc(NCC4CCC(NCC(F)F)CC4)c(-c4ccn(C(F)F)n4)cn3)n2)cn1. The zero-order chi connectivity index (χ0) is 31.6. The molecule has 0 spiro atoms. The molecule has 2 saturated carbocycles. The molecule has 240 valence electrons. The number of aromatic nitrogens is 7. The Morgan fingerprint density at radius 2 is 1.78 bits per heavy atom. The largest absolute Gasteiger partial charge is 0.384 e. The van der Waals surface area contributed by atoms with Crippen LogP contribution in [0.5, 0.6) is 0 Å². The zero-order valence-corrected chi connectivity index (χ0v) is 24.8. The number of hydrogen-bond donors (Lipinski definition) is 3. The Bertz CT molecular complexity index is 1720. The van der Waals surface area contributed by atoms with Gasteiger partial charge in [-0.25, -0.2) is 36.8 Å². The lowest BCUT2D eigenvalue weighted by Gasteiger charge is -2.29. The molecule has 4 aromatic rings. The number of hydrogen-bond acceptors (Lipinski definition) is 10. The lowest BCUT2D eigenvalue weighted by molar-refractivity contribution is 0.0568. The van der Waals surface area contributed by atoms with Gasteiger partial charge in [0.15, 0.2) is 5.82 Å². The molecule has 2 aliphatic rings. The Hall–Kier alpha value is -4.12. The summed E-state index contributed by atoms with van der Waals surface area (Å²) in [6.07, 6.45) is 9.17. The van der Waals surface area contributed by atoms with E-state index < -0.39 is 28.2 Å². The summed E-state index contributed by atoms with van der Waals surface area (Å²) in [5.74, 6) is 1.36. The summed E-state index contributed by atoms with van der Waals surface area (Å²) in [6.45, 7) is -2.51. The molecule has 17 heteroatoms. The third-order valence-corrected chi connectivity index (χ3v) is 9.95. The molecule has 0 aliphatic heterocycles. The first-order valence-electron chi connectivity index (χ1n) is 14.6. The number of nitrogens with one attached hydrogen (secondary N) is 3. The fourth-order valence-corrected chi connectivity index (χ4v) is 6.80. The van der Waals surface area contributed by atoms with Gasteiger partial charge in [0.1, 0.15) is 11.6 Å². The smallest absolute Gasteiger partial charge is 0.333 e. The van der Waals surface area contributed by atoms with Crippen molar-refractivity contribution < 1.29 is 26.0 Å². The summed E-state index contributed by atoms with van der Waals surface area (Å²) in [4.78, 5) is 13.2. The van der Waals surface area contributed by atoms with E-state index in [4.69, 9.17) is 0 Å². The van der Waals surface area contributed by atoms with Crippen LogP contribution in [0.1, 0.15) is 45.1 Å². The van der Waals surface area contributed by atoms with E-state index in [2.05, 4.69) is 41.1 Å². The standard InChI is InChI=1S/C28H32F4N10O2S/c29-24(30)15-34-19-3-1-17(2-4-19)12-35-23-11-26(36-14-21(23)22-8-10-41(40-22)28(31)32)38-25-7-9-33-27(39-25)18-13-37-42(16-18)45(43,44)20-5-6-20/h7-11,13-14,16-17,19-20,24,28,34H,1-6,12,15H2,(H2,33,35,36,38,39). The molecule has 4 heterocycles. The van der Waals surface area contributed by atoms with E-state index in [1.807, 2.05) is 0 Å². The van der Waals surface area contributed by atoms with Gasteiger partial charge in [0.25, 0.3) is 16.4 Å². The molecule has 0 saturated heterocycles. The number of nitrogens with zero attached hydrogens (tertiary/aromatic N) is 7. The minimum Gasteiger partial charge on any atom is -0.384 e. The highest BCUT2D eigenvalue weighted by molar-refractivity contribution is 7.90. The van der Waals surface area contributed by atoms with E-state index in [0.29, 0.717) is 64.1 Å². The summed E-state index contributed by atoms with van der Waals surface area (Å²) in [7, 11) is -3.53. The molecule has 0 aromatic carbocycles. The van der Waals surface area contributed by atoms with Crippen LogP contribution in [0, 0.1) is 5.92 Å². The van der Waals surface area contributed by atoms with Crippen molar-refractivity contribution in [3.05, 3.63) is 49.2 Å². The minimum absolute atomic E-state index is 0.0653. The molecule has 4 aromatic heterocycles. The summed E-state index contributed by atoms with van der Waals surface area (Å²) in [6, 6.07) is 4.91. The second-order valence-electron chi connectivity index (χ2n) is 11.2. The van der Waals surface area contributed by atoms with Crippen molar-refractivity contribution in [3.8, 4) is 22.6 Å². The van der Waals surface area contributed by atoms with Crippen LogP contribution in [0.4, 0.5) is 34.9 Å². The van der Waals surface area contributed by atoms with E-state index >= 15 is 0 Å². The Kier molecular flexibility index (Phi) is 8.98. The summed E-state index contributed by atoms with van der Waals surface area (Å²) in [5, 5.41) is 17.1. The third kappa shape index (κ3) is 7.41. The minimum atomic E-state index is -3.53. The first-order chi connectivity index (χ1) is 21.7. The van der Waals surface area contributed by atoms with E-state index in [0.717, 1.165) is 29.8 Å². The lowest BCUT2D eigenvalue weighted by Crippen LogP contribution is -2.37. The highest BCUT2D eigenvalue weighted by Crippen LogP contribution is 2.33. The monoisotopic (exact) mass is 648 g/mol. The maximum Gasteiger partial charge on any atom is 0.333 e. The van der Waals surface area contributed by atoms with Gasteiger partial charge in [-0.05, 0) is 56.6 Å². The van der Waals surface area contributed by atoms with Crippen LogP contribution in [0.2, 0.25) is 0 Å². The van der Waals surface area contributed by atoms with Crippen LogP contribution in [-0.2, 0) is 10.0 Å². The van der Waals surface area contributed by atoms with Crippen LogP contribution in [0.15, 0.2) is 49.2 Å². The second-order valence-corrected chi connectivity index (χ2v) is 13.3. The molecular weight excluding hydrogens is 616 g/mol. The Labute approximate surface area is 256 Å². The Morgan fingerprint density at radius 1 is 0.978 bits per heavy atom. The van der Waals surface area contributed by atoms with Gasteiger partial charge in [-0.1, -0.05) is 0 Å². The maximum absolute atomic E-state index is 13.2. The summed E-state index contributed by atoms with van der Waals surface area (Å²) in [5.41, 5.74) is 1.90. The van der Waals surface area contributed by atoms with Crippen LogP contribution >= 0.6 is 0 Å². The van der Waals surface area contributed by atoms with Crippen molar-refractivity contribution in [1.29, 1.82) is 0 Å². The molecule has 0 unspecified atom stereocenters. The van der Waals surface area contributed by atoms with E-state index in [1.165, 1.54) is 37.1 Å². The zero-order valence-electron chi connectivity index (χ0n) is 24.0. The molecular formula is C28H32F4N10O2S. The molecule has 3 N–H and O–H groups in total. The Balaban J connectivity index is 1.18. The van der Waals surface area contributed by atoms with Crippen molar-refractivity contribution in [2.75, 3.05) is 23.7 Å². The third-order valence-electron chi connectivity index (χ3n) is 7.91. The van der Waals surface area contributed by atoms with Gasteiger partial charge in [-0.15, -0.1) is 0 Å². The van der Waals surface area contributed by atoms with E-state index in [9.17, 15) is 26.0 Å². The molecule has 45 heavy (non-hydrogen) atoms. The topological polar surface area (TPSA) is 145 Å². The molecule has 6 rings (SSSR count). The average Bonchev–Trinajstić information content (AvgIpc) is 3.56. The first-order valence-corrected chi connectivity index (χ1v) is 16.1. The molecule has 0 amide bonds. The highest BCUT2D eigenvalue weighted by atomic mass is 32.2. The quantitative estimate of drug-likeness (QED) is 0.171. The van der Waals surface area contributed by atoms with Crippen LogP contribution in [-0.4, -0.2) is 73.1 Å². The molecule has 0 atom stereocenters. The number of rotatable bonds is 13. The fraction of sp³-hybridized carbons (Fsp3) is 0.464. The number of anilines is 3. The van der Waals surface area contributed by atoms with Crippen molar-refractivity contribution in [2.45, 2.75) is 62.8 Å². The van der Waals surface area contributed by atoms with E-state index in [1.54, 1.807) is 12.1 Å². The predicted octanol–water partition coefficient (Wildman–Crippen LogP) is 4.90. The summed E-state index contributed by atoms with van der Waals surface area (Å²) >= 11 is 0. The van der Waals surface area contributed by atoms with Crippen molar-refractivity contribution in [3.63, 3.8) is 0 Å². The van der Waals surface area contributed by atoms with Gasteiger partial charge in [0.05, 0.1) is 35.4 Å². The normalized spacial score (nSPS) is 18.9. The van der Waals surface area contributed by atoms with Crippen molar-refractivity contribution >= 4 is 27.3 Å². The lowest BCUT2D eigenvalue weighted by atomic mass is 9.86. The molecule has 2 aliphatic carbocycles. The van der Waals surface area contributed by atoms with Gasteiger partial charge in [-0.2, -0.15) is 23.1 Å². The highest BCUT2D eigenvalue weighted by Gasteiger charge is 2.37. The fourth-order valence-electron chi connectivity index (χ4n) is 5.32. The van der Waals surface area contributed by atoms with Gasteiger partial charge < -0.3 is 16.0 Å². The van der Waals surface area contributed by atoms with Crippen LogP contribution < -0.4 is 16.0 Å². The van der Waals surface area contributed by atoms with E-state index in [-0.39, 0.29) is 18.4 Å². The number of alkyl halides is 4. The number of halogens is 4. The summed E-state index contributed by atoms with van der Waals surface area (Å²) < 4.78 is 78.2. The van der Waals surface area contributed by atoms with Gasteiger partial charge >= 0.3 is 6.55 Å².